The third-order valence-corrected chi connectivity index (χ3v) is 5.74. The molecule has 1 atom stereocenters. The highest BCUT2D eigenvalue weighted by Gasteiger charge is 2.25. The molecule has 1 N–H and O–H groups in total. The average Bonchev–Trinajstić information content (AvgIpc) is 2.68. The van der Waals surface area contributed by atoms with E-state index in [2.05, 4.69) is 36.5 Å². The number of nitrogens with one attached hydrogen (secondary N) is 1. The summed E-state index contributed by atoms with van der Waals surface area (Å²) in [5.74, 6) is 0.575. The SMILES string of the molecule is CCNC(=O)[C@@H](C)N(Cc1ccccc1C)C(=O)CCSc1ccc(C)cc1. The van der Waals surface area contributed by atoms with Gasteiger partial charge in [-0.25, -0.2) is 0 Å². The molecule has 0 spiro atoms. The lowest BCUT2D eigenvalue weighted by Crippen LogP contribution is -2.47. The minimum atomic E-state index is -0.503. The Morgan fingerprint density at radius 1 is 1.07 bits per heavy atom. The highest BCUT2D eigenvalue weighted by atomic mass is 32.2. The van der Waals surface area contributed by atoms with Crippen LogP contribution in [0.3, 0.4) is 0 Å². The molecule has 0 aliphatic rings. The van der Waals surface area contributed by atoms with Crippen molar-refractivity contribution < 1.29 is 9.59 Å². The van der Waals surface area contributed by atoms with Crippen molar-refractivity contribution in [3.05, 3.63) is 65.2 Å². The quantitative estimate of drug-likeness (QED) is 0.639. The third kappa shape index (κ3) is 6.41. The summed E-state index contributed by atoms with van der Waals surface area (Å²) in [6.45, 7) is 8.77. The van der Waals surface area contributed by atoms with Gasteiger partial charge in [-0.05, 0) is 51.0 Å². The van der Waals surface area contributed by atoms with Crippen molar-refractivity contribution in [2.75, 3.05) is 12.3 Å². The number of carbonyl (C=O) groups is 2. The summed E-state index contributed by atoms with van der Waals surface area (Å²) >= 11 is 1.67. The Labute approximate surface area is 172 Å². The molecule has 5 heteroatoms. The number of likely N-dealkylation sites (N-methyl/N-ethyl adjacent to an activating group) is 1. The van der Waals surface area contributed by atoms with Crippen LogP contribution < -0.4 is 5.32 Å². The van der Waals surface area contributed by atoms with Gasteiger partial charge in [-0.1, -0.05) is 42.0 Å². The van der Waals surface area contributed by atoms with Crippen LogP contribution in [0.4, 0.5) is 0 Å². The Kier molecular flexibility index (Phi) is 8.58. The van der Waals surface area contributed by atoms with Gasteiger partial charge in [-0.15, -0.1) is 11.8 Å². The summed E-state index contributed by atoms with van der Waals surface area (Å²) in [4.78, 5) is 28.2. The van der Waals surface area contributed by atoms with Crippen molar-refractivity contribution >= 4 is 23.6 Å². The van der Waals surface area contributed by atoms with Gasteiger partial charge in [0.15, 0.2) is 0 Å². The summed E-state index contributed by atoms with van der Waals surface area (Å²) in [5.41, 5.74) is 3.41. The lowest BCUT2D eigenvalue weighted by molar-refractivity contribution is -0.140. The molecule has 0 heterocycles. The smallest absolute Gasteiger partial charge is 0.242 e. The third-order valence-electron chi connectivity index (χ3n) is 4.73. The monoisotopic (exact) mass is 398 g/mol. The first-order valence-corrected chi connectivity index (χ1v) is 10.7. The number of hydrogen-bond donors (Lipinski definition) is 1. The number of thioether (sulfide) groups is 1. The fraction of sp³-hybridized carbons (Fsp3) is 0.391. The molecule has 2 amide bonds. The normalized spacial score (nSPS) is 11.7. The summed E-state index contributed by atoms with van der Waals surface area (Å²) in [6.07, 6.45) is 0.397. The minimum absolute atomic E-state index is 0.00150. The molecule has 0 saturated heterocycles. The van der Waals surface area contributed by atoms with Gasteiger partial charge < -0.3 is 10.2 Å². The van der Waals surface area contributed by atoms with Gasteiger partial charge in [0.05, 0.1) is 0 Å². The van der Waals surface area contributed by atoms with E-state index in [1.54, 1.807) is 23.6 Å². The highest BCUT2D eigenvalue weighted by molar-refractivity contribution is 7.99. The van der Waals surface area contributed by atoms with Crippen LogP contribution >= 0.6 is 11.8 Å². The van der Waals surface area contributed by atoms with E-state index in [-0.39, 0.29) is 11.8 Å². The van der Waals surface area contributed by atoms with Crippen LogP contribution in [0.15, 0.2) is 53.4 Å². The lowest BCUT2D eigenvalue weighted by Gasteiger charge is -2.29. The van der Waals surface area contributed by atoms with Gasteiger partial charge in [0.1, 0.15) is 6.04 Å². The molecule has 2 aromatic rings. The fourth-order valence-corrected chi connectivity index (χ4v) is 3.75. The van der Waals surface area contributed by atoms with E-state index >= 15 is 0 Å². The zero-order chi connectivity index (χ0) is 20.5. The molecule has 0 saturated carbocycles. The molecule has 0 unspecified atom stereocenters. The average molecular weight is 399 g/mol. The number of nitrogens with zero attached hydrogens (tertiary/aromatic N) is 1. The summed E-state index contributed by atoms with van der Waals surface area (Å²) in [6, 6.07) is 15.8. The maximum Gasteiger partial charge on any atom is 0.242 e. The second kappa shape index (κ2) is 10.9. The molecule has 0 aliphatic carbocycles. The second-order valence-electron chi connectivity index (χ2n) is 6.93. The van der Waals surface area contributed by atoms with E-state index in [0.717, 1.165) is 16.0 Å². The first-order valence-electron chi connectivity index (χ1n) is 9.73. The summed E-state index contributed by atoms with van der Waals surface area (Å²) in [5, 5.41) is 2.83. The Hall–Kier alpha value is -2.27. The maximum atomic E-state index is 13.0. The number of rotatable bonds is 9. The van der Waals surface area contributed by atoms with Crippen molar-refractivity contribution in [2.45, 2.75) is 51.6 Å². The van der Waals surface area contributed by atoms with Crippen LogP contribution in [-0.4, -0.2) is 35.1 Å². The van der Waals surface area contributed by atoms with E-state index in [9.17, 15) is 9.59 Å². The predicted octanol–water partition coefficient (Wildman–Crippen LogP) is 4.34. The van der Waals surface area contributed by atoms with Gasteiger partial charge in [-0.2, -0.15) is 0 Å². The molecule has 0 fully saturated rings. The lowest BCUT2D eigenvalue weighted by atomic mass is 10.1. The first-order chi connectivity index (χ1) is 13.4. The number of amides is 2. The van der Waals surface area contributed by atoms with Crippen LogP contribution in [-0.2, 0) is 16.1 Å². The fourth-order valence-electron chi connectivity index (χ4n) is 2.91. The van der Waals surface area contributed by atoms with Crippen LogP contribution in [0.1, 0.15) is 37.0 Å². The van der Waals surface area contributed by atoms with Crippen LogP contribution in [0.2, 0.25) is 0 Å². The van der Waals surface area contributed by atoms with Crippen LogP contribution in [0.25, 0.3) is 0 Å². The molecule has 2 aromatic carbocycles. The molecule has 2 rings (SSSR count). The van der Waals surface area contributed by atoms with Crippen LogP contribution in [0, 0.1) is 13.8 Å². The predicted molar refractivity (Wildman–Crippen MR) is 116 cm³/mol. The van der Waals surface area contributed by atoms with E-state index in [0.29, 0.717) is 25.3 Å². The van der Waals surface area contributed by atoms with Crippen molar-refractivity contribution in [2.24, 2.45) is 0 Å². The number of aryl methyl sites for hydroxylation is 2. The molecular weight excluding hydrogens is 368 g/mol. The van der Waals surface area contributed by atoms with Gasteiger partial charge in [0.25, 0.3) is 0 Å². The number of hydrogen-bond acceptors (Lipinski definition) is 3. The Bertz CT molecular complexity index is 789. The molecular formula is C23H30N2O2S. The molecule has 0 radical (unpaired) electrons. The van der Waals surface area contributed by atoms with E-state index < -0.39 is 6.04 Å². The van der Waals surface area contributed by atoms with Crippen molar-refractivity contribution in [1.29, 1.82) is 0 Å². The molecule has 0 bridgehead atoms. The van der Waals surface area contributed by atoms with Crippen molar-refractivity contribution in [1.82, 2.24) is 10.2 Å². The van der Waals surface area contributed by atoms with Gasteiger partial charge in [-0.3, -0.25) is 9.59 Å². The van der Waals surface area contributed by atoms with Crippen molar-refractivity contribution in [3.63, 3.8) is 0 Å². The Balaban J connectivity index is 2.06. The highest BCUT2D eigenvalue weighted by Crippen LogP contribution is 2.21. The summed E-state index contributed by atoms with van der Waals surface area (Å²) < 4.78 is 0. The van der Waals surface area contributed by atoms with Gasteiger partial charge >= 0.3 is 0 Å². The maximum absolute atomic E-state index is 13.0. The van der Waals surface area contributed by atoms with E-state index in [4.69, 9.17) is 0 Å². The van der Waals surface area contributed by atoms with Crippen molar-refractivity contribution in [3.8, 4) is 0 Å². The zero-order valence-electron chi connectivity index (χ0n) is 17.2. The Morgan fingerprint density at radius 3 is 2.39 bits per heavy atom. The zero-order valence-corrected chi connectivity index (χ0v) is 18.0. The van der Waals surface area contributed by atoms with E-state index in [1.165, 1.54) is 5.56 Å². The molecule has 0 aromatic heterocycles. The standard InChI is InChI=1S/C23H30N2O2S/c1-5-24-23(27)19(4)25(16-20-9-7-6-8-18(20)3)22(26)14-15-28-21-12-10-17(2)11-13-21/h6-13,19H,5,14-16H2,1-4H3,(H,24,27)/t19-/m1/s1. The Morgan fingerprint density at radius 2 is 1.75 bits per heavy atom. The molecule has 28 heavy (non-hydrogen) atoms. The largest absolute Gasteiger partial charge is 0.355 e. The van der Waals surface area contributed by atoms with E-state index in [1.807, 2.05) is 38.1 Å². The first kappa shape index (κ1) is 22.0. The molecule has 4 nitrogen and oxygen atoms in total. The van der Waals surface area contributed by atoms with Crippen LogP contribution in [0.5, 0.6) is 0 Å². The molecule has 0 aliphatic heterocycles. The number of benzene rings is 2. The van der Waals surface area contributed by atoms with Gasteiger partial charge in [0, 0.05) is 30.2 Å². The molecule has 150 valence electrons. The van der Waals surface area contributed by atoms with Gasteiger partial charge in [0.2, 0.25) is 11.8 Å². The minimum Gasteiger partial charge on any atom is -0.355 e. The topological polar surface area (TPSA) is 49.4 Å². The number of carbonyl (C=O) groups excluding carboxylic acids is 2. The second-order valence-corrected chi connectivity index (χ2v) is 8.10. The summed E-state index contributed by atoms with van der Waals surface area (Å²) in [7, 11) is 0.